The highest BCUT2D eigenvalue weighted by molar-refractivity contribution is 5.85. The van der Waals surface area contributed by atoms with Gasteiger partial charge in [0.05, 0.1) is 5.69 Å². The minimum absolute atomic E-state index is 0.514. The first-order chi connectivity index (χ1) is 8.16. The van der Waals surface area contributed by atoms with Crippen LogP contribution in [0.5, 0.6) is 0 Å². The fraction of sp³-hybridized carbons (Fsp3) is 0.533. The highest BCUT2D eigenvalue weighted by atomic mass is 14.9. The first-order valence-corrected chi connectivity index (χ1v) is 6.61. The van der Waals surface area contributed by atoms with Gasteiger partial charge in [0.1, 0.15) is 5.84 Å². The normalized spacial score (nSPS) is 17.9. The van der Waals surface area contributed by atoms with Crippen LogP contribution in [0.2, 0.25) is 0 Å². The Morgan fingerprint density at radius 3 is 2.29 bits per heavy atom. The average Bonchev–Trinajstić information content (AvgIpc) is 2.83. The van der Waals surface area contributed by atoms with Gasteiger partial charge in [-0.1, -0.05) is 38.8 Å². The molecule has 1 fully saturated rings. The molecule has 0 saturated heterocycles. The molecule has 92 valence electrons. The molecule has 1 aromatic carbocycles. The topological polar surface area (TPSA) is 38.4 Å². The molecule has 0 bridgehead atoms. The minimum Gasteiger partial charge on any atom is -0.387 e. The molecule has 2 nitrogen and oxygen atoms in total. The Balaban J connectivity index is 2.09. The van der Waals surface area contributed by atoms with Gasteiger partial charge in [0, 0.05) is 5.92 Å². The lowest BCUT2D eigenvalue weighted by molar-refractivity contribution is 0.722. The van der Waals surface area contributed by atoms with Crippen LogP contribution >= 0.6 is 0 Å². The van der Waals surface area contributed by atoms with Crippen molar-refractivity contribution in [2.75, 3.05) is 0 Å². The number of rotatable bonds is 3. The van der Waals surface area contributed by atoms with E-state index in [1.165, 1.54) is 31.2 Å². The van der Waals surface area contributed by atoms with Crippen LogP contribution in [-0.4, -0.2) is 5.84 Å². The Morgan fingerprint density at radius 2 is 1.76 bits per heavy atom. The van der Waals surface area contributed by atoms with Crippen molar-refractivity contribution in [1.82, 2.24) is 0 Å². The molecular formula is C15H22N2. The lowest BCUT2D eigenvalue weighted by atomic mass is 10.0. The molecular weight excluding hydrogens is 208 g/mol. The van der Waals surface area contributed by atoms with Crippen LogP contribution in [-0.2, 0) is 0 Å². The van der Waals surface area contributed by atoms with Crippen molar-refractivity contribution in [1.29, 1.82) is 0 Å². The molecule has 1 saturated carbocycles. The summed E-state index contributed by atoms with van der Waals surface area (Å²) in [7, 11) is 0. The highest BCUT2D eigenvalue weighted by Crippen LogP contribution is 2.26. The fourth-order valence-corrected chi connectivity index (χ4v) is 2.40. The summed E-state index contributed by atoms with van der Waals surface area (Å²) in [6.07, 6.45) is 5.01. The molecule has 2 N–H and O–H groups in total. The van der Waals surface area contributed by atoms with Gasteiger partial charge < -0.3 is 5.73 Å². The van der Waals surface area contributed by atoms with E-state index in [-0.39, 0.29) is 0 Å². The van der Waals surface area contributed by atoms with Crippen LogP contribution in [0.1, 0.15) is 51.0 Å². The van der Waals surface area contributed by atoms with Gasteiger partial charge in [-0.25, -0.2) is 4.99 Å². The molecule has 1 aliphatic rings. The van der Waals surface area contributed by atoms with E-state index in [9.17, 15) is 0 Å². The second-order valence-corrected chi connectivity index (χ2v) is 5.26. The van der Waals surface area contributed by atoms with Gasteiger partial charge >= 0.3 is 0 Å². The number of aliphatic imine (C=N–C) groups is 1. The van der Waals surface area contributed by atoms with Gasteiger partial charge in [0.2, 0.25) is 0 Å². The van der Waals surface area contributed by atoms with Crippen LogP contribution < -0.4 is 5.73 Å². The number of nitrogens with two attached hydrogens (primary N) is 1. The molecule has 0 amide bonds. The molecule has 2 rings (SSSR count). The quantitative estimate of drug-likeness (QED) is 0.619. The Kier molecular flexibility index (Phi) is 3.82. The highest BCUT2D eigenvalue weighted by Gasteiger charge is 2.18. The predicted molar refractivity (Wildman–Crippen MR) is 73.8 cm³/mol. The van der Waals surface area contributed by atoms with Crippen LogP contribution in [0.15, 0.2) is 29.3 Å². The SMILES string of the molecule is CC(C)c1ccc(N=C(N)C2CCCC2)cc1. The molecule has 0 heterocycles. The molecule has 1 aromatic rings. The van der Waals surface area contributed by atoms with E-state index in [0.29, 0.717) is 11.8 Å². The van der Waals surface area contributed by atoms with Gasteiger partial charge in [-0.2, -0.15) is 0 Å². The van der Waals surface area contributed by atoms with E-state index in [0.717, 1.165) is 11.5 Å². The van der Waals surface area contributed by atoms with Crippen LogP contribution in [0, 0.1) is 5.92 Å². The van der Waals surface area contributed by atoms with E-state index in [2.05, 4.69) is 43.1 Å². The third-order valence-electron chi connectivity index (χ3n) is 3.59. The van der Waals surface area contributed by atoms with Gasteiger partial charge in [-0.05, 0) is 36.5 Å². The van der Waals surface area contributed by atoms with Gasteiger partial charge in [-0.15, -0.1) is 0 Å². The molecule has 1 aliphatic carbocycles. The van der Waals surface area contributed by atoms with Crippen molar-refractivity contribution >= 4 is 11.5 Å². The zero-order valence-electron chi connectivity index (χ0n) is 10.8. The summed E-state index contributed by atoms with van der Waals surface area (Å²) in [4.78, 5) is 4.54. The summed E-state index contributed by atoms with van der Waals surface area (Å²) < 4.78 is 0. The predicted octanol–water partition coefficient (Wildman–Crippen LogP) is 3.99. The third kappa shape index (κ3) is 3.09. The maximum absolute atomic E-state index is 6.06. The Morgan fingerprint density at radius 1 is 1.18 bits per heavy atom. The van der Waals surface area contributed by atoms with Crippen molar-refractivity contribution in [3.63, 3.8) is 0 Å². The van der Waals surface area contributed by atoms with Gasteiger partial charge in [0.15, 0.2) is 0 Å². The molecule has 0 aromatic heterocycles. The Bertz CT molecular complexity index is 384. The third-order valence-corrected chi connectivity index (χ3v) is 3.59. The number of benzene rings is 1. The summed E-state index contributed by atoms with van der Waals surface area (Å²) in [6.45, 7) is 4.40. The number of hydrogen-bond acceptors (Lipinski definition) is 1. The number of nitrogens with zero attached hydrogens (tertiary/aromatic N) is 1. The zero-order chi connectivity index (χ0) is 12.3. The smallest absolute Gasteiger partial charge is 0.103 e. The van der Waals surface area contributed by atoms with Crippen LogP contribution in [0.4, 0.5) is 5.69 Å². The van der Waals surface area contributed by atoms with Crippen molar-refractivity contribution in [3.05, 3.63) is 29.8 Å². The van der Waals surface area contributed by atoms with E-state index >= 15 is 0 Å². The maximum atomic E-state index is 6.06. The van der Waals surface area contributed by atoms with E-state index < -0.39 is 0 Å². The number of hydrogen-bond donors (Lipinski definition) is 1. The second kappa shape index (κ2) is 5.35. The summed E-state index contributed by atoms with van der Waals surface area (Å²) in [5.41, 5.74) is 8.39. The summed E-state index contributed by atoms with van der Waals surface area (Å²) in [5, 5.41) is 0. The van der Waals surface area contributed by atoms with Crippen molar-refractivity contribution in [2.45, 2.75) is 45.4 Å². The first kappa shape index (κ1) is 12.2. The molecule has 0 unspecified atom stereocenters. The van der Waals surface area contributed by atoms with E-state index in [4.69, 9.17) is 5.73 Å². The molecule has 0 atom stereocenters. The largest absolute Gasteiger partial charge is 0.387 e. The maximum Gasteiger partial charge on any atom is 0.103 e. The lowest BCUT2D eigenvalue weighted by Crippen LogP contribution is -2.20. The summed E-state index contributed by atoms with van der Waals surface area (Å²) in [5.74, 6) is 1.90. The fourth-order valence-electron chi connectivity index (χ4n) is 2.40. The minimum atomic E-state index is 0.514. The molecule has 0 radical (unpaired) electrons. The first-order valence-electron chi connectivity index (χ1n) is 6.61. The second-order valence-electron chi connectivity index (χ2n) is 5.26. The van der Waals surface area contributed by atoms with E-state index in [1.54, 1.807) is 0 Å². The summed E-state index contributed by atoms with van der Waals surface area (Å²) in [6, 6.07) is 8.42. The monoisotopic (exact) mass is 230 g/mol. The Labute approximate surface area is 104 Å². The molecule has 17 heavy (non-hydrogen) atoms. The van der Waals surface area contributed by atoms with Gasteiger partial charge in [-0.3, -0.25) is 0 Å². The van der Waals surface area contributed by atoms with Crippen molar-refractivity contribution in [2.24, 2.45) is 16.6 Å². The summed E-state index contributed by atoms with van der Waals surface area (Å²) >= 11 is 0. The molecule has 2 heteroatoms. The Hall–Kier alpha value is -1.31. The molecule has 0 aliphatic heterocycles. The van der Waals surface area contributed by atoms with Crippen LogP contribution in [0.3, 0.4) is 0 Å². The van der Waals surface area contributed by atoms with E-state index in [1.807, 2.05) is 0 Å². The standard InChI is InChI=1S/C15H22N2/c1-11(2)12-7-9-14(10-8-12)17-15(16)13-5-3-4-6-13/h7-11,13H,3-6H2,1-2H3,(H2,16,17). The lowest BCUT2D eigenvalue weighted by Gasteiger charge is -2.09. The average molecular weight is 230 g/mol. The number of amidine groups is 1. The van der Waals surface area contributed by atoms with Crippen molar-refractivity contribution < 1.29 is 0 Å². The van der Waals surface area contributed by atoms with Crippen LogP contribution in [0.25, 0.3) is 0 Å². The zero-order valence-corrected chi connectivity index (χ0v) is 10.8. The van der Waals surface area contributed by atoms with Gasteiger partial charge in [0.25, 0.3) is 0 Å². The molecule has 0 spiro atoms. The van der Waals surface area contributed by atoms with Crippen molar-refractivity contribution in [3.8, 4) is 0 Å².